The third kappa shape index (κ3) is 4.91. The van der Waals surface area contributed by atoms with Crippen molar-refractivity contribution in [2.45, 2.75) is 18.1 Å². The van der Waals surface area contributed by atoms with Gasteiger partial charge in [0.05, 0.1) is 13.2 Å². The number of hydrogen-bond donors (Lipinski definition) is 2. The standard InChI is InChI=1S/C16H23N5O3S2/c1-12-3-4-16(25-12)26(22,23)18-6-5-17-14-11-15(20-13(2)19-14)21-7-9-24-10-8-21/h3-4,11,18H,5-10H2,1-2H3,(H,17,19,20). The number of anilines is 2. The lowest BCUT2D eigenvalue weighted by Crippen LogP contribution is -2.37. The molecular weight excluding hydrogens is 374 g/mol. The molecule has 142 valence electrons. The smallest absolute Gasteiger partial charge is 0.250 e. The summed E-state index contributed by atoms with van der Waals surface area (Å²) in [5.41, 5.74) is 0. The highest BCUT2D eigenvalue weighted by atomic mass is 32.2. The molecule has 0 spiro atoms. The Morgan fingerprint density at radius 1 is 1.19 bits per heavy atom. The molecule has 1 saturated heterocycles. The summed E-state index contributed by atoms with van der Waals surface area (Å²) in [7, 11) is -3.45. The summed E-state index contributed by atoms with van der Waals surface area (Å²) in [6, 6.07) is 5.31. The van der Waals surface area contributed by atoms with E-state index in [2.05, 4.69) is 24.9 Å². The van der Waals surface area contributed by atoms with E-state index in [0.29, 0.717) is 35.6 Å². The monoisotopic (exact) mass is 397 g/mol. The number of ether oxygens (including phenoxy) is 1. The van der Waals surface area contributed by atoms with E-state index in [1.807, 2.05) is 19.9 Å². The van der Waals surface area contributed by atoms with Gasteiger partial charge >= 0.3 is 0 Å². The Morgan fingerprint density at radius 2 is 1.96 bits per heavy atom. The minimum Gasteiger partial charge on any atom is -0.378 e. The Hall–Kier alpha value is -1.75. The quantitative estimate of drug-likeness (QED) is 0.682. The minimum atomic E-state index is -3.45. The van der Waals surface area contributed by atoms with E-state index >= 15 is 0 Å². The van der Waals surface area contributed by atoms with Crippen LogP contribution in [0, 0.1) is 13.8 Å². The SMILES string of the molecule is Cc1nc(NCCNS(=O)(=O)c2ccc(C)s2)cc(N2CCOCC2)n1. The third-order valence-electron chi connectivity index (χ3n) is 3.86. The molecule has 2 aromatic rings. The first-order chi connectivity index (χ1) is 12.4. The van der Waals surface area contributed by atoms with Gasteiger partial charge in [0.15, 0.2) is 0 Å². The van der Waals surface area contributed by atoms with Crippen LogP contribution in [0.5, 0.6) is 0 Å². The maximum atomic E-state index is 12.2. The van der Waals surface area contributed by atoms with E-state index in [9.17, 15) is 8.42 Å². The summed E-state index contributed by atoms with van der Waals surface area (Å²) >= 11 is 1.26. The van der Waals surface area contributed by atoms with Crippen molar-refractivity contribution in [3.05, 3.63) is 28.9 Å². The molecule has 1 aliphatic rings. The van der Waals surface area contributed by atoms with Crippen LogP contribution in [0.3, 0.4) is 0 Å². The Kier molecular flexibility index (Phi) is 6.07. The van der Waals surface area contributed by atoms with Crippen LogP contribution >= 0.6 is 11.3 Å². The summed E-state index contributed by atoms with van der Waals surface area (Å²) in [5.74, 6) is 2.22. The van der Waals surface area contributed by atoms with Crippen molar-refractivity contribution in [3.63, 3.8) is 0 Å². The van der Waals surface area contributed by atoms with Crippen LogP contribution in [0.15, 0.2) is 22.4 Å². The predicted octanol–water partition coefficient (Wildman–Crippen LogP) is 1.38. The summed E-state index contributed by atoms with van der Waals surface area (Å²) in [4.78, 5) is 12.0. The fourth-order valence-corrected chi connectivity index (χ4v) is 4.96. The molecule has 2 N–H and O–H groups in total. The van der Waals surface area contributed by atoms with E-state index in [-0.39, 0.29) is 6.54 Å². The second-order valence-corrected chi connectivity index (χ2v) is 9.23. The summed E-state index contributed by atoms with van der Waals surface area (Å²) in [6.45, 7) is 7.42. The molecule has 2 aromatic heterocycles. The zero-order valence-electron chi connectivity index (χ0n) is 14.9. The van der Waals surface area contributed by atoms with E-state index in [4.69, 9.17) is 4.74 Å². The molecule has 8 nitrogen and oxygen atoms in total. The average molecular weight is 398 g/mol. The second kappa shape index (κ2) is 8.30. The highest BCUT2D eigenvalue weighted by Crippen LogP contribution is 2.20. The van der Waals surface area contributed by atoms with Crippen LogP contribution in [-0.4, -0.2) is 57.8 Å². The number of morpholine rings is 1. The number of aromatic nitrogens is 2. The number of rotatable bonds is 7. The van der Waals surface area contributed by atoms with Gasteiger partial charge in [-0.25, -0.2) is 23.1 Å². The topological polar surface area (TPSA) is 96.5 Å². The van der Waals surface area contributed by atoms with Crippen molar-refractivity contribution in [3.8, 4) is 0 Å². The third-order valence-corrected chi connectivity index (χ3v) is 6.82. The molecule has 26 heavy (non-hydrogen) atoms. The van der Waals surface area contributed by atoms with Crippen molar-refractivity contribution in [2.75, 3.05) is 49.6 Å². The molecule has 0 amide bonds. The number of hydrogen-bond acceptors (Lipinski definition) is 8. The average Bonchev–Trinajstić information content (AvgIpc) is 3.07. The van der Waals surface area contributed by atoms with Gasteiger partial charge in [0.25, 0.3) is 0 Å². The number of aryl methyl sites for hydroxylation is 2. The first-order valence-electron chi connectivity index (χ1n) is 8.42. The molecule has 10 heteroatoms. The highest BCUT2D eigenvalue weighted by molar-refractivity contribution is 7.91. The lowest BCUT2D eigenvalue weighted by atomic mass is 10.4. The number of thiophene rings is 1. The maximum Gasteiger partial charge on any atom is 0.250 e. The molecule has 0 atom stereocenters. The second-order valence-electron chi connectivity index (χ2n) is 5.95. The van der Waals surface area contributed by atoms with Crippen molar-refractivity contribution in [1.82, 2.24) is 14.7 Å². The van der Waals surface area contributed by atoms with Crippen LogP contribution in [-0.2, 0) is 14.8 Å². The molecule has 0 unspecified atom stereocenters. The van der Waals surface area contributed by atoms with E-state index < -0.39 is 10.0 Å². The minimum absolute atomic E-state index is 0.273. The molecule has 0 radical (unpaired) electrons. The molecule has 3 heterocycles. The number of nitrogens with one attached hydrogen (secondary N) is 2. The predicted molar refractivity (Wildman–Crippen MR) is 103 cm³/mol. The zero-order valence-corrected chi connectivity index (χ0v) is 16.5. The number of nitrogens with zero attached hydrogens (tertiary/aromatic N) is 3. The van der Waals surface area contributed by atoms with Crippen LogP contribution in [0.1, 0.15) is 10.7 Å². The van der Waals surface area contributed by atoms with E-state index in [1.165, 1.54) is 11.3 Å². The van der Waals surface area contributed by atoms with Crippen LogP contribution in [0.25, 0.3) is 0 Å². The summed E-state index contributed by atoms with van der Waals surface area (Å²) in [5, 5.41) is 3.16. The zero-order chi connectivity index (χ0) is 18.6. The van der Waals surface area contributed by atoms with Crippen LogP contribution in [0.2, 0.25) is 0 Å². The van der Waals surface area contributed by atoms with E-state index in [1.54, 1.807) is 12.1 Å². The van der Waals surface area contributed by atoms with Gasteiger partial charge in [0.2, 0.25) is 10.0 Å². The van der Waals surface area contributed by atoms with E-state index in [0.717, 1.165) is 23.8 Å². The largest absolute Gasteiger partial charge is 0.378 e. The van der Waals surface area contributed by atoms with Gasteiger partial charge in [-0.1, -0.05) is 0 Å². The van der Waals surface area contributed by atoms with Crippen LogP contribution in [0.4, 0.5) is 11.6 Å². The fourth-order valence-electron chi connectivity index (χ4n) is 2.60. The lowest BCUT2D eigenvalue weighted by molar-refractivity contribution is 0.122. The molecule has 3 rings (SSSR count). The van der Waals surface area contributed by atoms with Crippen molar-refractivity contribution in [2.24, 2.45) is 0 Å². The molecule has 1 aliphatic heterocycles. The molecule has 0 aliphatic carbocycles. The molecular formula is C16H23N5O3S2. The lowest BCUT2D eigenvalue weighted by Gasteiger charge is -2.28. The molecule has 1 fully saturated rings. The Morgan fingerprint density at radius 3 is 2.65 bits per heavy atom. The van der Waals surface area contributed by atoms with Crippen molar-refractivity contribution in [1.29, 1.82) is 0 Å². The van der Waals surface area contributed by atoms with Gasteiger partial charge in [-0.3, -0.25) is 0 Å². The molecule has 0 saturated carbocycles. The maximum absolute atomic E-state index is 12.2. The summed E-state index contributed by atoms with van der Waals surface area (Å²) in [6.07, 6.45) is 0. The normalized spacial score (nSPS) is 15.2. The Balaban J connectivity index is 1.55. The summed E-state index contributed by atoms with van der Waals surface area (Å²) < 4.78 is 32.7. The van der Waals surface area contributed by atoms with Gasteiger partial charge in [-0.2, -0.15) is 0 Å². The highest BCUT2D eigenvalue weighted by Gasteiger charge is 2.16. The molecule has 0 bridgehead atoms. The Bertz CT molecular complexity index is 847. The van der Waals surface area contributed by atoms with Gasteiger partial charge in [-0.05, 0) is 26.0 Å². The molecule has 0 aromatic carbocycles. The van der Waals surface area contributed by atoms with Gasteiger partial charge in [0, 0.05) is 37.1 Å². The van der Waals surface area contributed by atoms with Gasteiger partial charge < -0.3 is 15.0 Å². The fraction of sp³-hybridized carbons (Fsp3) is 0.500. The first-order valence-corrected chi connectivity index (χ1v) is 10.7. The first kappa shape index (κ1) is 19.0. The van der Waals surface area contributed by atoms with Crippen LogP contribution < -0.4 is 14.9 Å². The van der Waals surface area contributed by atoms with Gasteiger partial charge in [-0.15, -0.1) is 11.3 Å². The van der Waals surface area contributed by atoms with Crippen molar-refractivity contribution < 1.29 is 13.2 Å². The Labute approximate surface area is 157 Å². The number of sulfonamides is 1. The van der Waals surface area contributed by atoms with Gasteiger partial charge in [0.1, 0.15) is 21.7 Å². The van der Waals surface area contributed by atoms with Crippen molar-refractivity contribution >= 4 is 33.0 Å².